The number of nitrogens with zero attached hydrogens (tertiary/aromatic N) is 1. The average molecular weight is 324 g/mol. The summed E-state index contributed by atoms with van der Waals surface area (Å²) in [7, 11) is 2.42. The van der Waals surface area contributed by atoms with Gasteiger partial charge in [-0.05, 0) is 24.8 Å². The third-order valence-corrected chi connectivity index (χ3v) is 5.89. The van der Waals surface area contributed by atoms with Gasteiger partial charge in [-0.3, -0.25) is 0 Å². The molecule has 2 heteroatoms. The predicted molar refractivity (Wildman–Crippen MR) is 99.7 cm³/mol. The van der Waals surface area contributed by atoms with Gasteiger partial charge in [-0.2, -0.15) is 0 Å². The van der Waals surface area contributed by atoms with Crippen molar-refractivity contribution in [3.05, 3.63) is 71.8 Å². The third-order valence-electron chi connectivity index (χ3n) is 5.89. The predicted octanol–water partition coefficient (Wildman–Crippen LogP) is 4.35. The summed E-state index contributed by atoms with van der Waals surface area (Å²) in [6, 6.07) is 22.8. The van der Waals surface area contributed by atoms with E-state index in [-0.39, 0.29) is 0 Å². The van der Waals surface area contributed by atoms with Crippen LogP contribution in [0.4, 0.5) is 0 Å². The molecule has 1 aliphatic rings. The second kappa shape index (κ2) is 7.96. The molecular weight excluding hydrogens is 294 g/mol. The highest BCUT2D eigenvalue weighted by atomic mass is 16.3. The van der Waals surface area contributed by atoms with E-state index >= 15 is 0 Å². The Morgan fingerprint density at radius 2 is 1.67 bits per heavy atom. The molecule has 1 fully saturated rings. The van der Waals surface area contributed by atoms with E-state index in [4.69, 9.17) is 0 Å². The Kier molecular flexibility index (Phi) is 5.70. The van der Waals surface area contributed by atoms with Crippen LogP contribution in [0.2, 0.25) is 0 Å². The van der Waals surface area contributed by atoms with Crippen molar-refractivity contribution >= 4 is 0 Å². The van der Waals surface area contributed by atoms with Gasteiger partial charge in [0.05, 0.1) is 19.6 Å². The van der Waals surface area contributed by atoms with E-state index < -0.39 is 0 Å². The Morgan fingerprint density at radius 3 is 2.33 bits per heavy atom. The molecule has 1 saturated heterocycles. The molecule has 24 heavy (non-hydrogen) atoms. The molecule has 2 aromatic carbocycles. The van der Waals surface area contributed by atoms with Crippen LogP contribution in [0.1, 0.15) is 42.9 Å². The zero-order valence-electron chi connectivity index (χ0n) is 14.8. The van der Waals surface area contributed by atoms with Gasteiger partial charge < -0.3 is 9.59 Å². The van der Waals surface area contributed by atoms with E-state index in [1.807, 2.05) is 0 Å². The lowest BCUT2D eigenvalue weighted by Crippen LogP contribution is -2.57. The molecule has 1 N–H and O–H groups in total. The fraction of sp³-hybridized carbons (Fsp3) is 0.455. The minimum atomic E-state index is 0.297. The lowest BCUT2D eigenvalue weighted by Gasteiger charge is -2.50. The molecule has 2 aromatic rings. The number of hydrogen-bond acceptors (Lipinski definition) is 1. The Labute approximate surface area is 146 Å². The van der Waals surface area contributed by atoms with Crippen LogP contribution in [0.3, 0.4) is 0 Å². The molecule has 0 bridgehead atoms. The summed E-state index contributed by atoms with van der Waals surface area (Å²) in [5.74, 6) is 0. The third kappa shape index (κ3) is 3.71. The van der Waals surface area contributed by atoms with Crippen LogP contribution in [0.25, 0.3) is 0 Å². The van der Waals surface area contributed by atoms with Gasteiger partial charge in [-0.25, -0.2) is 0 Å². The van der Waals surface area contributed by atoms with Crippen LogP contribution >= 0.6 is 0 Å². The van der Waals surface area contributed by atoms with E-state index in [0.29, 0.717) is 18.7 Å². The molecule has 2 nitrogen and oxygen atoms in total. The maximum atomic E-state index is 9.58. The summed E-state index contributed by atoms with van der Waals surface area (Å²) in [6.07, 6.45) is 5.79. The summed E-state index contributed by atoms with van der Waals surface area (Å²) in [5.41, 5.74) is 2.83. The van der Waals surface area contributed by atoms with Crippen molar-refractivity contribution in [2.24, 2.45) is 0 Å². The highest BCUT2D eigenvalue weighted by Gasteiger charge is 2.42. The van der Waals surface area contributed by atoms with Gasteiger partial charge >= 0.3 is 0 Å². The number of quaternary nitrogens is 1. The number of likely N-dealkylation sites (N-methyl/N-ethyl adjacent to an activating group) is 1. The first-order valence-electron chi connectivity index (χ1n) is 9.28. The van der Waals surface area contributed by atoms with Crippen molar-refractivity contribution in [3.63, 3.8) is 0 Å². The number of hydrogen-bond donors (Lipinski definition) is 1. The van der Waals surface area contributed by atoms with Crippen molar-refractivity contribution in [3.8, 4) is 0 Å². The minimum Gasteiger partial charge on any atom is -0.396 e. The lowest BCUT2D eigenvalue weighted by molar-refractivity contribution is -0.967. The second-order valence-corrected chi connectivity index (χ2v) is 7.35. The molecule has 3 unspecified atom stereocenters. The number of aliphatic hydroxyl groups excluding tert-OH is 1. The Hall–Kier alpha value is -1.64. The molecule has 0 saturated carbocycles. The van der Waals surface area contributed by atoms with E-state index in [0.717, 1.165) is 17.3 Å². The maximum Gasteiger partial charge on any atom is 0.119 e. The van der Waals surface area contributed by atoms with Gasteiger partial charge in [-0.15, -0.1) is 0 Å². The van der Waals surface area contributed by atoms with Crippen LogP contribution in [-0.2, 0) is 6.42 Å². The van der Waals surface area contributed by atoms with Crippen LogP contribution in [-0.4, -0.2) is 35.8 Å². The number of likely N-dealkylation sites (tertiary alicyclic amines) is 1. The van der Waals surface area contributed by atoms with Crippen LogP contribution in [0.5, 0.6) is 0 Å². The largest absolute Gasteiger partial charge is 0.396 e. The summed E-state index contributed by atoms with van der Waals surface area (Å²) in [4.78, 5) is 0. The smallest absolute Gasteiger partial charge is 0.119 e. The van der Waals surface area contributed by atoms with Gasteiger partial charge in [-0.1, -0.05) is 60.7 Å². The highest BCUT2D eigenvalue weighted by molar-refractivity contribution is 5.22. The van der Waals surface area contributed by atoms with Crippen LogP contribution < -0.4 is 0 Å². The summed E-state index contributed by atoms with van der Waals surface area (Å²) < 4.78 is 1.06. The van der Waals surface area contributed by atoms with Crippen LogP contribution in [0.15, 0.2) is 60.7 Å². The topological polar surface area (TPSA) is 20.2 Å². The number of piperidine rings is 1. The van der Waals surface area contributed by atoms with E-state index in [2.05, 4.69) is 67.7 Å². The first kappa shape index (κ1) is 17.2. The molecule has 0 spiro atoms. The zero-order valence-corrected chi connectivity index (χ0v) is 14.8. The van der Waals surface area contributed by atoms with Crippen molar-refractivity contribution in [2.75, 3.05) is 20.2 Å². The quantitative estimate of drug-likeness (QED) is 0.783. The average Bonchev–Trinajstić information content (AvgIpc) is 2.63. The fourth-order valence-corrected chi connectivity index (χ4v) is 4.49. The normalized spacial score (nSPS) is 25.3. The van der Waals surface area contributed by atoms with Crippen molar-refractivity contribution in [1.29, 1.82) is 0 Å². The molecule has 0 amide bonds. The minimum absolute atomic E-state index is 0.297. The Balaban J connectivity index is 1.96. The number of benzene rings is 2. The van der Waals surface area contributed by atoms with E-state index in [9.17, 15) is 5.11 Å². The standard InChI is InChI=1S/C22H30NO/c1-23(16-9-8-14-21(23)15-17-24)22(20-12-6-3-7-13-20)18-19-10-4-2-5-11-19/h2-7,10-13,21-22,24H,8-9,14-18H2,1H3/q+1. The van der Waals surface area contributed by atoms with E-state index in [1.165, 1.54) is 36.9 Å². The van der Waals surface area contributed by atoms with Crippen LogP contribution in [0, 0.1) is 0 Å². The molecular formula is C22H30NO+. The summed E-state index contributed by atoms with van der Waals surface area (Å²) in [6.45, 7) is 1.50. The van der Waals surface area contributed by atoms with Crippen molar-refractivity contribution in [1.82, 2.24) is 0 Å². The van der Waals surface area contributed by atoms with Gasteiger partial charge in [0.2, 0.25) is 0 Å². The van der Waals surface area contributed by atoms with Crippen molar-refractivity contribution in [2.45, 2.75) is 44.2 Å². The van der Waals surface area contributed by atoms with Gasteiger partial charge in [0.15, 0.2) is 0 Å². The SMILES string of the molecule is C[N+]1(C(Cc2ccccc2)c2ccccc2)CCCCC1CCO. The molecule has 0 aromatic heterocycles. The Bertz CT molecular complexity index is 610. The molecule has 3 rings (SSSR count). The lowest BCUT2D eigenvalue weighted by atomic mass is 9.88. The summed E-state index contributed by atoms with van der Waals surface area (Å²) >= 11 is 0. The van der Waals surface area contributed by atoms with Crippen molar-refractivity contribution < 1.29 is 9.59 Å². The second-order valence-electron chi connectivity index (χ2n) is 7.35. The fourth-order valence-electron chi connectivity index (χ4n) is 4.49. The number of rotatable bonds is 6. The monoisotopic (exact) mass is 324 g/mol. The Morgan fingerprint density at radius 1 is 1.00 bits per heavy atom. The molecule has 3 atom stereocenters. The van der Waals surface area contributed by atoms with Gasteiger partial charge in [0, 0.05) is 25.0 Å². The molecule has 128 valence electrons. The zero-order chi connectivity index (χ0) is 16.8. The maximum absolute atomic E-state index is 9.58. The van der Waals surface area contributed by atoms with Gasteiger partial charge in [0.1, 0.15) is 6.04 Å². The molecule has 1 aliphatic heterocycles. The molecule has 0 radical (unpaired) electrons. The van der Waals surface area contributed by atoms with E-state index in [1.54, 1.807) is 0 Å². The highest BCUT2D eigenvalue weighted by Crippen LogP contribution is 2.38. The van der Waals surface area contributed by atoms with Gasteiger partial charge in [0.25, 0.3) is 0 Å². The molecule has 1 heterocycles. The first-order valence-corrected chi connectivity index (χ1v) is 9.28. The number of aliphatic hydroxyl groups is 1. The molecule has 0 aliphatic carbocycles. The first-order chi connectivity index (χ1) is 11.7. The summed E-state index contributed by atoms with van der Waals surface area (Å²) in [5, 5.41) is 9.58.